The largest absolute Gasteiger partial charge is 0.496 e. The lowest BCUT2D eigenvalue weighted by Crippen LogP contribution is -2.01. The van der Waals surface area contributed by atoms with Gasteiger partial charge in [-0.1, -0.05) is 47.1 Å². The van der Waals surface area contributed by atoms with Gasteiger partial charge in [-0.25, -0.2) is 0 Å². The predicted molar refractivity (Wildman–Crippen MR) is 84.2 cm³/mol. The molecule has 0 bridgehead atoms. The Labute approximate surface area is 127 Å². The summed E-state index contributed by atoms with van der Waals surface area (Å²) in [7, 11) is 1.67. The third-order valence-electron chi connectivity index (χ3n) is 3.17. The third-order valence-corrected chi connectivity index (χ3v) is 4.14. The van der Waals surface area contributed by atoms with Gasteiger partial charge in [-0.05, 0) is 35.7 Å². The number of halogens is 2. The van der Waals surface area contributed by atoms with E-state index in [-0.39, 0.29) is 5.38 Å². The summed E-state index contributed by atoms with van der Waals surface area (Å²) in [6.07, 6.45) is 0.968. The van der Waals surface area contributed by atoms with Gasteiger partial charge in [-0.2, -0.15) is 0 Å². The smallest absolute Gasteiger partial charge is 0.123 e. The quantitative estimate of drug-likeness (QED) is 0.682. The molecule has 0 N–H and O–H groups in total. The van der Waals surface area contributed by atoms with Crippen molar-refractivity contribution in [1.29, 1.82) is 0 Å². The maximum atomic E-state index is 6.67. The van der Waals surface area contributed by atoms with Crippen LogP contribution in [0, 0.1) is 0 Å². The van der Waals surface area contributed by atoms with Crippen molar-refractivity contribution in [3.63, 3.8) is 0 Å². The van der Waals surface area contributed by atoms with Gasteiger partial charge in [0.15, 0.2) is 0 Å². The summed E-state index contributed by atoms with van der Waals surface area (Å²) in [5.41, 5.74) is 3.40. The normalized spacial score (nSPS) is 12.2. The van der Waals surface area contributed by atoms with Gasteiger partial charge in [0.05, 0.1) is 12.5 Å². The molecule has 3 heteroatoms. The molecule has 0 saturated heterocycles. The summed E-state index contributed by atoms with van der Waals surface area (Å²) in [4.78, 5) is 0. The Morgan fingerprint density at radius 1 is 1.16 bits per heavy atom. The average Bonchev–Trinajstić information content (AvgIpc) is 2.46. The molecule has 0 saturated carbocycles. The first kappa shape index (κ1) is 14.4. The van der Waals surface area contributed by atoms with Crippen molar-refractivity contribution >= 4 is 27.5 Å². The van der Waals surface area contributed by atoms with Crippen LogP contribution in [-0.4, -0.2) is 7.11 Å². The summed E-state index contributed by atoms with van der Waals surface area (Å²) in [6, 6.07) is 14.2. The highest BCUT2D eigenvalue weighted by molar-refractivity contribution is 9.10. The molecule has 2 aromatic carbocycles. The number of alkyl halides is 1. The van der Waals surface area contributed by atoms with Crippen molar-refractivity contribution in [2.45, 2.75) is 18.7 Å². The van der Waals surface area contributed by atoms with E-state index < -0.39 is 0 Å². The van der Waals surface area contributed by atoms with Gasteiger partial charge >= 0.3 is 0 Å². The lowest BCUT2D eigenvalue weighted by atomic mass is 9.97. The van der Waals surface area contributed by atoms with Crippen LogP contribution in [0.4, 0.5) is 0 Å². The maximum Gasteiger partial charge on any atom is 0.123 e. The monoisotopic (exact) mass is 338 g/mol. The van der Waals surface area contributed by atoms with Gasteiger partial charge in [0.25, 0.3) is 0 Å². The highest BCUT2D eigenvalue weighted by Crippen LogP contribution is 2.38. The van der Waals surface area contributed by atoms with E-state index in [4.69, 9.17) is 16.3 Å². The summed E-state index contributed by atoms with van der Waals surface area (Å²) in [5, 5.41) is -0.205. The van der Waals surface area contributed by atoms with Gasteiger partial charge in [0.1, 0.15) is 5.75 Å². The fraction of sp³-hybridized carbons (Fsp3) is 0.250. The second kappa shape index (κ2) is 6.44. The number of hydrogen-bond donors (Lipinski definition) is 0. The van der Waals surface area contributed by atoms with Gasteiger partial charge in [0.2, 0.25) is 0 Å². The van der Waals surface area contributed by atoms with Gasteiger partial charge in [-0.3, -0.25) is 0 Å². The van der Waals surface area contributed by atoms with E-state index in [9.17, 15) is 0 Å². The van der Waals surface area contributed by atoms with Crippen LogP contribution in [0.1, 0.15) is 29.0 Å². The average molecular weight is 340 g/mol. The highest BCUT2D eigenvalue weighted by atomic mass is 79.9. The summed E-state index contributed by atoms with van der Waals surface area (Å²) >= 11 is 10.2. The molecule has 2 aromatic rings. The van der Waals surface area contributed by atoms with Crippen LogP contribution >= 0.6 is 27.5 Å². The molecule has 0 aromatic heterocycles. The number of aryl methyl sites for hydroxylation is 1. The van der Waals surface area contributed by atoms with Crippen molar-refractivity contribution < 1.29 is 4.74 Å². The van der Waals surface area contributed by atoms with Crippen LogP contribution < -0.4 is 4.74 Å². The zero-order valence-electron chi connectivity index (χ0n) is 11.0. The fourth-order valence-corrected chi connectivity index (χ4v) is 2.94. The van der Waals surface area contributed by atoms with E-state index in [1.54, 1.807) is 7.11 Å². The van der Waals surface area contributed by atoms with Crippen molar-refractivity contribution in [2.24, 2.45) is 0 Å². The minimum absolute atomic E-state index is 0.205. The molecular weight excluding hydrogens is 324 g/mol. The predicted octanol–water partition coefficient (Wildman–Crippen LogP) is 5.35. The minimum atomic E-state index is -0.205. The first-order valence-electron chi connectivity index (χ1n) is 6.22. The Bertz CT molecular complexity index is 568. The van der Waals surface area contributed by atoms with Crippen LogP contribution in [0.25, 0.3) is 0 Å². The molecule has 0 aliphatic rings. The molecule has 100 valence electrons. The van der Waals surface area contributed by atoms with Crippen LogP contribution in [0.15, 0.2) is 46.9 Å². The molecule has 1 unspecified atom stereocenters. The molecule has 1 nitrogen and oxygen atoms in total. The number of benzene rings is 2. The maximum absolute atomic E-state index is 6.67. The first-order valence-corrected chi connectivity index (χ1v) is 7.45. The Balaban J connectivity index is 2.49. The molecule has 19 heavy (non-hydrogen) atoms. The molecule has 0 spiro atoms. The Morgan fingerprint density at radius 2 is 1.89 bits per heavy atom. The SMILES string of the molecule is CCc1ccccc1C(Cl)c1cc(Br)ccc1OC. The Morgan fingerprint density at radius 3 is 2.58 bits per heavy atom. The van der Waals surface area contributed by atoms with E-state index in [1.807, 2.05) is 30.3 Å². The topological polar surface area (TPSA) is 9.23 Å². The zero-order chi connectivity index (χ0) is 13.8. The minimum Gasteiger partial charge on any atom is -0.496 e. The molecule has 0 fully saturated rings. The van der Waals surface area contributed by atoms with E-state index in [0.717, 1.165) is 27.8 Å². The zero-order valence-corrected chi connectivity index (χ0v) is 13.3. The Hall–Kier alpha value is -0.990. The molecule has 0 radical (unpaired) electrons. The van der Waals surface area contributed by atoms with Crippen molar-refractivity contribution in [3.05, 3.63) is 63.6 Å². The van der Waals surface area contributed by atoms with E-state index in [0.29, 0.717) is 0 Å². The number of hydrogen-bond acceptors (Lipinski definition) is 1. The number of methoxy groups -OCH3 is 1. The Kier molecular flexibility index (Phi) is 4.89. The second-order valence-corrected chi connectivity index (χ2v) is 5.65. The lowest BCUT2D eigenvalue weighted by Gasteiger charge is -2.17. The van der Waals surface area contributed by atoms with Gasteiger partial charge in [-0.15, -0.1) is 11.6 Å². The van der Waals surface area contributed by atoms with Gasteiger partial charge in [0, 0.05) is 10.0 Å². The van der Waals surface area contributed by atoms with Crippen molar-refractivity contribution in [1.82, 2.24) is 0 Å². The van der Waals surface area contributed by atoms with Gasteiger partial charge < -0.3 is 4.74 Å². The molecule has 0 aliphatic carbocycles. The van der Waals surface area contributed by atoms with E-state index in [1.165, 1.54) is 5.56 Å². The lowest BCUT2D eigenvalue weighted by molar-refractivity contribution is 0.410. The van der Waals surface area contributed by atoms with Crippen LogP contribution in [0.3, 0.4) is 0 Å². The molecule has 2 rings (SSSR count). The van der Waals surface area contributed by atoms with E-state index >= 15 is 0 Å². The first-order chi connectivity index (χ1) is 9.17. The van der Waals surface area contributed by atoms with Crippen LogP contribution in [0.2, 0.25) is 0 Å². The molecule has 1 atom stereocenters. The molecule has 0 heterocycles. The highest BCUT2D eigenvalue weighted by Gasteiger charge is 2.18. The van der Waals surface area contributed by atoms with E-state index in [2.05, 4.69) is 35.0 Å². The van der Waals surface area contributed by atoms with Crippen molar-refractivity contribution in [3.8, 4) is 5.75 Å². The van der Waals surface area contributed by atoms with Crippen LogP contribution in [-0.2, 0) is 6.42 Å². The molecular formula is C16H16BrClO. The standard InChI is InChI=1S/C16H16BrClO/c1-3-11-6-4-5-7-13(11)16(18)14-10-12(17)8-9-15(14)19-2/h4-10,16H,3H2,1-2H3. The molecule has 0 aliphatic heterocycles. The third kappa shape index (κ3) is 3.13. The summed E-state index contributed by atoms with van der Waals surface area (Å²) in [6.45, 7) is 2.14. The number of rotatable bonds is 4. The van der Waals surface area contributed by atoms with Crippen molar-refractivity contribution in [2.75, 3.05) is 7.11 Å². The summed E-state index contributed by atoms with van der Waals surface area (Å²) < 4.78 is 6.41. The second-order valence-electron chi connectivity index (χ2n) is 4.30. The summed E-state index contributed by atoms with van der Waals surface area (Å²) in [5.74, 6) is 0.814. The number of ether oxygens (including phenoxy) is 1. The fourth-order valence-electron chi connectivity index (χ4n) is 2.17. The van der Waals surface area contributed by atoms with Crippen LogP contribution in [0.5, 0.6) is 5.75 Å². The molecule has 0 amide bonds.